The van der Waals surface area contributed by atoms with E-state index in [1.807, 2.05) is 0 Å². The molecule has 24 heavy (non-hydrogen) atoms. The molecule has 0 spiro atoms. The van der Waals surface area contributed by atoms with E-state index < -0.39 is 11.7 Å². The quantitative estimate of drug-likeness (QED) is 0.867. The van der Waals surface area contributed by atoms with E-state index >= 15 is 0 Å². The number of nitrogens with one attached hydrogen (secondary N) is 1. The zero-order chi connectivity index (χ0) is 16.9. The molecule has 1 unspecified atom stereocenters. The van der Waals surface area contributed by atoms with Crippen LogP contribution in [-0.4, -0.2) is 24.1 Å². The predicted molar refractivity (Wildman–Crippen MR) is 83.6 cm³/mol. The van der Waals surface area contributed by atoms with Crippen LogP contribution in [0, 0.1) is 11.3 Å². The molecule has 1 aromatic carbocycles. The lowest BCUT2D eigenvalue weighted by Crippen LogP contribution is -2.32. The van der Waals surface area contributed by atoms with Crippen molar-refractivity contribution in [2.24, 2.45) is 0 Å². The van der Waals surface area contributed by atoms with E-state index in [2.05, 4.69) is 21.3 Å². The van der Waals surface area contributed by atoms with Gasteiger partial charge in [0.25, 0.3) is 0 Å². The Morgan fingerprint density at radius 1 is 1.29 bits per heavy atom. The first-order valence-electron chi connectivity index (χ1n) is 7.60. The zero-order valence-corrected chi connectivity index (χ0v) is 12.6. The maximum absolute atomic E-state index is 12.9. The molecule has 2 aromatic rings. The molecular weight excluding hydrogens is 317 g/mol. The minimum Gasteiger partial charge on any atom is -0.366 e. The van der Waals surface area contributed by atoms with E-state index in [0.29, 0.717) is 17.4 Å². The van der Waals surface area contributed by atoms with E-state index in [1.165, 1.54) is 6.07 Å². The van der Waals surface area contributed by atoms with E-state index in [4.69, 9.17) is 0 Å². The van der Waals surface area contributed by atoms with Crippen molar-refractivity contribution in [3.63, 3.8) is 0 Å². The van der Waals surface area contributed by atoms with Crippen molar-refractivity contribution in [3.05, 3.63) is 41.5 Å². The van der Waals surface area contributed by atoms with Crippen LogP contribution in [0.3, 0.4) is 0 Å². The Morgan fingerprint density at radius 2 is 2.12 bits per heavy atom. The molecule has 1 N–H and O–H groups in total. The molecule has 0 amide bonds. The molecule has 0 aliphatic carbocycles. The Labute approximate surface area is 136 Å². The summed E-state index contributed by atoms with van der Waals surface area (Å²) in [4.78, 5) is 6.63. The van der Waals surface area contributed by atoms with Crippen LogP contribution in [0.15, 0.2) is 30.3 Å². The van der Waals surface area contributed by atoms with Crippen molar-refractivity contribution in [2.75, 3.05) is 23.3 Å². The van der Waals surface area contributed by atoms with Crippen molar-refractivity contribution in [2.45, 2.75) is 18.6 Å². The summed E-state index contributed by atoms with van der Waals surface area (Å²) in [6.45, 7) is 1.75. The van der Waals surface area contributed by atoms with Crippen LogP contribution in [0.1, 0.15) is 17.5 Å². The Kier molecular flexibility index (Phi) is 3.17. The average molecular weight is 330 g/mol. The maximum Gasteiger partial charge on any atom is 0.416 e. The number of benzene rings is 1. The highest BCUT2D eigenvalue weighted by Gasteiger charge is 2.33. The van der Waals surface area contributed by atoms with Gasteiger partial charge in [-0.3, -0.25) is 0 Å². The fourth-order valence-corrected chi connectivity index (χ4v) is 3.29. The lowest BCUT2D eigenvalue weighted by molar-refractivity contribution is -0.137. The second-order valence-electron chi connectivity index (χ2n) is 6.02. The number of nitriles is 1. The number of alkyl halides is 3. The molecular formula is C17H13F3N4. The SMILES string of the molecule is N#Cc1cc2c(nc1-c1cccc(C(F)(F)F)c1)NC1CCN2C1. The lowest BCUT2D eigenvalue weighted by atomic mass is 10.0. The summed E-state index contributed by atoms with van der Waals surface area (Å²) in [6.07, 6.45) is -3.45. The Morgan fingerprint density at radius 3 is 2.88 bits per heavy atom. The zero-order valence-electron chi connectivity index (χ0n) is 12.6. The van der Waals surface area contributed by atoms with Gasteiger partial charge < -0.3 is 10.2 Å². The van der Waals surface area contributed by atoms with E-state index in [0.717, 1.165) is 37.3 Å². The van der Waals surface area contributed by atoms with Crippen molar-refractivity contribution in [3.8, 4) is 17.3 Å². The van der Waals surface area contributed by atoms with E-state index in [9.17, 15) is 18.4 Å². The van der Waals surface area contributed by atoms with Crippen molar-refractivity contribution < 1.29 is 13.2 Å². The molecule has 4 nitrogen and oxygen atoms in total. The molecule has 0 radical (unpaired) electrons. The Hall–Kier alpha value is -2.75. The third-order valence-electron chi connectivity index (χ3n) is 4.46. The molecule has 1 saturated heterocycles. The van der Waals surface area contributed by atoms with Crippen molar-refractivity contribution >= 4 is 11.5 Å². The van der Waals surface area contributed by atoms with Crippen molar-refractivity contribution in [1.82, 2.24) is 4.98 Å². The first kappa shape index (κ1) is 14.8. The van der Waals surface area contributed by atoms with E-state index in [1.54, 1.807) is 12.1 Å². The highest BCUT2D eigenvalue weighted by Crippen LogP contribution is 2.38. The molecule has 3 heterocycles. The molecule has 2 bridgehead atoms. The van der Waals surface area contributed by atoms with Crippen molar-refractivity contribution in [1.29, 1.82) is 5.26 Å². The molecule has 1 fully saturated rings. The number of aromatic nitrogens is 1. The number of nitrogens with zero attached hydrogens (tertiary/aromatic N) is 3. The summed E-state index contributed by atoms with van der Waals surface area (Å²) >= 11 is 0. The fraction of sp³-hybridized carbons (Fsp3) is 0.294. The number of halogens is 3. The topological polar surface area (TPSA) is 52.0 Å². The van der Waals surface area contributed by atoms with Crippen LogP contribution in [0.25, 0.3) is 11.3 Å². The predicted octanol–water partition coefficient (Wildman–Crippen LogP) is 3.64. The first-order valence-corrected chi connectivity index (χ1v) is 7.60. The van der Waals surface area contributed by atoms with Gasteiger partial charge in [-0.15, -0.1) is 0 Å². The van der Waals surface area contributed by atoms with Crippen LogP contribution >= 0.6 is 0 Å². The van der Waals surface area contributed by atoms with Gasteiger partial charge in [0.05, 0.1) is 22.5 Å². The highest BCUT2D eigenvalue weighted by atomic mass is 19.4. The van der Waals surface area contributed by atoms with Gasteiger partial charge in [-0.1, -0.05) is 12.1 Å². The summed E-state index contributed by atoms with van der Waals surface area (Å²) < 4.78 is 38.8. The smallest absolute Gasteiger partial charge is 0.366 e. The van der Waals surface area contributed by atoms with Gasteiger partial charge in [-0.05, 0) is 24.6 Å². The number of hydrogen-bond donors (Lipinski definition) is 1. The van der Waals surface area contributed by atoms with Crippen LogP contribution in [0.2, 0.25) is 0 Å². The summed E-state index contributed by atoms with van der Waals surface area (Å²) in [5.74, 6) is 0.634. The van der Waals surface area contributed by atoms with Gasteiger partial charge in [0, 0.05) is 24.7 Å². The molecule has 1 atom stereocenters. The normalized spacial score (nSPS) is 18.8. The van der Waals surface area contributed by atoms with Crippen LogP contribution in [0.4, 0.5) is 24.7 Å². The second-order valence-corrected chi connectivity index (χ2v) is 6.02. The number of pyridine rings is 1. The van der Waals surface area contributed by atoms with Crippen LogP contribution in [-0.2, 0) is 6.18 Å². The average Bonchev–Trinajstić information content (AvgIpc) is 2.96. The largest absolute Gasteiger partial charge is 0.416 e. The molecule has 1 aromatic heterocycles. The summed E-state index contributed by atoms with van der Waals surface area (Å²) in [5.41, 5.74) is 0.938. The third kappa shape index (κ3) is 2.35. The fourth-order valence-electron chi connectivity index (χ4n) is 3.29. The Balaban J connectivity index is 1.85. The summed E-state index contributed by atoms with van der Waals surface area (Å²) in [7, 11) is 0. The molecule has 7 heteroatoms. The number of anilines is 2. The highest BCUT2D eigenvalue weighted by molar-refractivity contribution is 5.79. The molecule has 122 valence electrons. The van der Waals surface area contributed by atoms with Crippen LogP contribution < -0.4 is 10.2 Å². The number of rotatable bonds is 1. The number of fused-ring (bicyclic) bond motifs is 4. The molecule has 4 rings (SSSR count). The van der Waals surface area contributed by atoms with Gasteiger partial charge in [-0.25, -0.2) is 4.98 Å². The lowest BCUT2D eigenvalue weighted by Gasteiger charge is -2.28. The first-order chi connectivity index (χ1) is 11.5. The number of hydrogen-bond acceptors (Lipinski definition) is 4. The molecule has 0 saturated carbocycles. The second kappa shape index (κ2) is 5.13. The minimum atomic E-state index is -4.43. The standard InChI is InChI=1S/C17H13F3N4/c18-17(19,20)12-3-1-2-10(6-12)15-11(8-21)7-14-16(23-15)22-13-4-5-24(14)9-13/h1-3,6-7,13H,4-5,9H2,(H,22,23). The van der Waals surface area contributed by atoms with Gasteiger partial charge in [0.2, 0.25) is 0 Å². The van der Waals surface area contributed by atoms with Gasteiger partial charge in [0.1, 0.15) is 6.07 Å². The third-order valence-corrected chi connectivity index (χ3v) is 4.46. The molecule has 2 aliphatic rings. The molecule has 2 aliphatic heterocycles. The van der Waals surface area contributed by atoms with Gasteiger partial charge in [-0.2, -0.15) is 18.4 Å². The minimum absolute atomic E-state index is 0.275. The van der Waals surface area contributed by atoms with Crippen LogP contribution in [0.5, 0.6) is 0 Å². The van der Waals surface area contributed by atoms with E-state index in [-0.39, 0.29) is 11.3 Å². The maximum atomic E-state index is 12.9. The van der Waals surface area contributed by atoms with Gasteiger partial charge >= 0.3 is 6.18 Å². The van der Waals surface area contributed by atoms with Gasteiger partial charge in [0.15, 0.2) is 5.82 Å². The summed E-state index contributed by atoms with van der Waals surface area (Å²) in [6, 6.07) is 9.00. The monoisotopic (exact) mass is 330 g/mol. The summed E-state index contributed by atoms with van der Waals surface area (Å²) in [5, 5.41) is 12.7. The Bertz CT molecular complexity index is 854.